The molecule has 31 heavy (non-hydrogen) atoms. The number of ketones is 1. The van der Waals surface area contributed by atoms with Crippen LogP contribution in [-0.4, -0.2) is 15.7 Å². The summed E-state index contributed by atoms with van der Waals surface area (Å²) in [5.74, 6) is -0.152. The quantitative estimate of drug-likeness (QED) is 0.197. The Kier molecular flexibility index (Phi) is 3.56. The monoisotopic (exact) mass is 402 g/mol. The first-order chi connectivity index (χ1) is 15.1. The molecule has 1 heterocycles. The molecule has 0 radical (unpaired) electrons. The molecule has 0 bridgehead atoms. The number of nitro groups is 1. The normalized spacial score (nSPS) is 12.2. The minimum atomic E-state index is -0.430. The molecule has 0 unspecified atom stereocenters. The molecule has 0 atom stereocenters. The van der Waals surface area contributed by atoms with Crippen LogP contribution < -0.4 is 0 Å². The van der Waals surface area contributed by atoms with Gasteiger partial charge in [0, 0.05) is 22.6 Å². The second kappa shape index (κ2) is 6.31. The molecular weight excluding hydrogens is 388 g/mol. The summed E-state index contributed by atoms with van der Waals surface area (Å²) in [5.41, 5.74) is 4.00. The fraction of sp³-hybridized carbons (Fsp3) is 0. The Hall–Kier alpha value is -4.38. The third-order valence-corrected chi connectivity index (χ3v) is 5.90. The number of carbonyl (C=O) groups is 1. The predicted molar refractivity (Wildman–Crippen MR) is 120 cm³/mol. The molecule has 1 aromatic heterocycles. The molecule has 5 heteroatoms. The first kappa shape index (κ1) is 17.5. The summed E-state index contributed by atoms with van der Waals surface area (Å²) in [5, 5.41) is 14.7. The summed E-state index contributed by atoms with van der Waals surface area (Å²) in [6.07, 6.45) is 0. The summed E-state index contributed by atoms with van der Waals surface area (Å²) in [6, 6.07) is 25.8. The van der Waals surface area contributed by atoms with Crippen molar-refractivity contribution in [3.63, 3.8) is 0 Å². The smallest absolute Gasteiger partial charge is 0.278 e. The lowest BCUT2D eigenvalue weighted by Gasteiger charge is -2.13. The van der Waals surface area contributed by atoms with Crippen molar-refractivity contribution in [2.24, 2.45) is 0 Å². The first-order valence-electron chi connectivity index (χ1n) is 9.88. The maximum atomic E-state index is 13.5. The first-order valence-corrected chi connectivity index (χ1v) is 9.88. The van der Waals surface area contributed by atoms with Gasteiger partial charge >= 0.3 is 0 Å². The van der Waals surface area contributed by atoms with E-state index in [0.717, 1.165) is 27.3 Å². The van der Waals surface area contributed by atoms with Crippen molar-refractivity contribution >= 4 is 33.1 Å². The molecule has 0 N–H and O–H groups in total. The van der Waals surface area contributed by atoms with Crippen molar-refractivity contribution in [1.82, 2.24) is 4.98 Å². The van der Waals surface area contributed by atoms with E-state index in [0.29, 0.717) is 27.9 Å². The lowest BCUT2D eigenvalue weighted by Crippen LogP contribution is -2.03. The zero-order valence-corrected chi connectivity index (χ0v) is 16.2. The molecule has 4 aromatic carbocycles. The Bertz CT molecular complexity index is 1590. The van der Waals surface area contributed by atoms with E-state index in [1.165, 1.54) is 6.07 Å². The standard InChI is InChI=1S/C26H14N2O3/c29-26-18-10-4-3-9-17(18)23-22-16-8-2-1-7-15(16)13-14-20(22)27-25(24(23)26)19-11-5-6-12-21(19)28(30)31/h1-14H. The molecule has 0 saturated heterocycles. The fourth-order valence-electron chi connectivity index (χ4n) is 4.59. The Labute approximate surface area is 176 Å². The van der Waals surface area contributed by atoms with Crippen LogP contribution in [0.4, 0.5) is 5.69 Å². The number of pyridine rings is 1. The van der Waals surface area contributed by atoms with E-state index in [1.54, 1.807) is 24.3 Å². The van der Waals surface area contributed by atoms with E-state index in [4.69, 9.17) is 4.98 Å². The van der Waals surface area contributed by atoms with Crippen molar-refractivity contribution in [1.29, 1.82) is 0 Å². The van der Waals surface area contributed by atoms with E-state index in [2.05, 4.69) is 0 Å². The molecule has 0 spiro atoms. The van der Waals surface area contributed by atoms with Crippen LogP contribution >= 0.6 is 0 Å². The lowest BCUT2D eigenvalue weighted by atomic mass is 9.93. The van der Waals surface area contributed by atoms with Crippen molar-refractivity contribution in [2.75, 3.05) is 0 Å². The molecule has 0 amide bonds. The van der Waals surface area contributed by atoms with Gasteiger partial charge in [-0.3, -0.25) is 14.9 Å². The summed E-state index contributed by atoms with van der Waals surface area (Å²) in [6.45, 7) is 0. The van der Waals surface area contributed by atoms with Gasteiger partial charge in [-0.1, -0.05) is 66.7 Å². The number of nitrogens with zero attached hydrogens (tertiary/aromatic N) is 2. The number of carbonyl (C=O) groups excluding carboxylic acids is 1. The molecule has 5 aromatic rings. The van der Waals surface area contributed by atoms with Gasteiger partial charge in [-0.05, 0) is 28.5 Å². The van der Waals surface area contributed by atoms with Gasteiger partial charge in [0.25, 0.3) is 5.69 Å². The number of para-hydroxylation sites is 1. The average molecular weight is 402 g/mol. The van der Waals surface area contributed by atoms with Gasteiger partial charge < -0.3 is 0 Å². The molecule has 0 fully saturated rings. The number of rotatable bonds is 2. The van der Waals surface area contributed by atoms with E-state index in [9.17, 15) is 14.9 Å². The minimum absolute atomic E-state index is 0.0684. The van der Waals surface area contributed by atoms with Gasteiger partial charge in [-0.25, -0.2) is 4.98 Å². The van der Waals surface area contributed by atoms with E-state index in [1.807, 2.05) is 54.6 Å². The summed E-state index contributed by atoms with van der Waals surface area (Å²) in [7, 11) is 0. The van der Waals surface area contributed by atoms with Crippen LogP contribution in [0.3, 0.4) is 0 Å². The Balaban J connectivity index is 1.85. The summed E-state index contributed by atoms with van der Waals surface area (Å²) >= 11 is 0. The predicted octanol–water partition coefficient (Wildman–Crippen LogP) is 6.17. The molecule has 0 aliphatic heterocycles. The van der Waals surface area contributed by atoms with Gasteiger partial charge in [-0.2, -0.15) is 0 Å². The highest BCUT2D eigenvalue weighted by molar-refractivity contribution is 6.31. The Morgan fingerprint density at radius 3 is 2.19 bits per heavy atom. The van der Waals surface area contributed by atoms with E-state index in [-0.39, 0.29) is 11.5 Å². The van der Waals surface area contributed by atoms with Gasteiger partial charge in [0.2, 0.25) is 0 Å². The van der Waals surface area contributed by atoms with Gasteiger partial charge in [0.05, 0.1) is 27.3 Å². The average Bonchev–Trinajstić information content (AvgIpc) is 3.11. The highest BCUT2D eigenvalue weighted by Gasteiger charge is 2.34. The molecule has 1 aliphatic carbocycles. The fourth-order valence-corrected chi connectivity index (χ4v) is 4.59. The van der Waals surface area contributed by atoms with Gasteiger partial charge in [-0.15, -0.1) is 0 Å². The lowest BCUT2D eigenvalue weighted by molar-refractivity contribution is -0.384. The number of hydrogen-bond donors (Lipinski definition) is 0. The number of fused-ring (bicyclic) bond motifs is 7. The summed E-state index contributed by atoms with van der Waals surface area (Å²) in [4.78, 5) is 29.6. The Morgan fingerprint density at radius 1 is 0.710 bits per heavy atom. The van der Waals surface area contributed by atoms with E-state index < -0.39 is 4.92 Å². The molecule has 5 nitrogen and oxygen atoms in total. The van der Waals surface area contributed by atoms with Gasteiger partial charge in [0.15, 0.2) is 5.78 Å². The zero-order chi connectivity index (χ0) is 21.1. The SMILES string of the molecule is O=C1c2ccccc2-c2c1c(-c1ccccc1[N+](=O)[O-])nc1ccc3ccccc3c21. The van der Waals surface area contributed by atoms with Crippen molar-refractivity contribution < 1.29 is 9.72 Å². The molecule has 146 valence electrons. The van der Waals surface area contributed by atoms with Crippen molar-refractivity contribution in [3.05, 3.63) is 106 Å². The third-order valence-electron chi connectivity index (χ3n) is 5.90. The molecule has 0 saturated carbocycles. The molecular formula is C26H14N2O3. The molecule has 6 rings (SSSR count). The third kappa shape index (κ3) is 2.37. The topological polar surface area (TPSA) is 73.1 Å². The van der Waals surface area contributed by atoms with Crippen LogP contribution in [0.5, 0.6) is 0 Å². The molecule has 1 aliphatic rings. The van der Waals surface area contributed by atoms with Crippen LogP contribution in [-0.2, 0) is 0 Å². The van der Waals surface area contributed by atoms with Crippen LogP contribution in [0.1, 0.15) is 15.9 Å². The van der Waals surface area contributed by atoms with Crippen LogP contribution in [0.15, 0.2) is 84.9 Å². The second-order valence-corrected chi connectivity index (χ2v) is 7.54. The highest BCUT2D eigenvalue weighted by Crippen LogP contribution is 2.47. The van der Waals surface area contributed by atoms with Crippen molar-refractivity contribution in [3.8, 4) is 22.4 Å². The number of hydrogen-bond acceptors (Lipinski definition) is 4. The maximum absolute atomic E-state index is 13.5. The van der Waals surface area contributed by atoms with Gasteiger partial charge in [0.1, 0.15) is 0 Å². The van der Waals surface area contributed by atoms with Crippen molar-refractivity contribution in [2.45, 2.75) is 0 Å². The zero-order valence-electron chi connectivity index (χ0n) is 16.2. The number of nitro benzene ring substituents is 1. The van der Waals surface area contributed by atoms with E-state index >= 15 is 0 Å². The second-order valence-electron chi connectivity index (χ2n) is 7.54. The highest BCUT2D eigenvalue weighted by atomic mass is 16.6. The summed E-state index contributed by atoms with van der Waals surface area (Å²) < 4.78 is 0. The largest absolute Gasteiger partial charge is 0.288 e. The number of aromatic nitrogens is 1. The van der Waals surface area contributed by atoms with Crippen LogP contribution in [0.25, 0.3) is 44.1 Å². The maximum Gasteiger partial charge on any atom is 0.278 e. The number of benzene rings is 4. The Morgan fingerprint density at radius 2 is 1.39 bits per heavy atom. The van der Waals surface area contributed by atoms with Crippen LogP contribution in [0, 0.1) is 10.1 Å². The van der Waals surface area contributed by atoms with Crippen LogP contribution in [0.2, 0.25) is 0 Å². The minimum Gasteiger partial charge on any atom is -0.288 e.